The van der Waals surface area contributed by atoms with E-state index >= 15 is 0 Å². The molecule has 1 saturated heterocycles. The Labute approximate surface area is 232 Å². The molecule has 0 aliphatic carbocycles. The zero-order chi connectivity index (χ0) is 31.0. The maximum absolute atomic E-state index is 13.0. The van der Waals surface area contributed by atoms with Crippen molar-refractivity contribution < 1.29 is 61.5 Å². The number of aromatic nitrogens is 4. The molecule has 0 bridgehead atoms. The number of nitrogens with zero attached hydrogens (tertiary/aromatic N) is 2. The molecule has 230 valence electrons. The van der Waals surface area contributed by atoms with Gasteiger partial charge in [0.05, 0.1) is 18.5 Å². The van der Waals surface area contributed by atoms with E-state index in [-0.39, 0.29) is 16.7 Å². The van der Waals surface area contributed by atoms with Crippen molar-refractivity contribution in [1.82, 2.24) is 24.4 Å². The fourth-order valence-corrected chi connectivity index (χ4v) is 7.39. The standard InChI is InChI=1S/C18H23N6O15P3/c1-19-9-5-3-2-4-8(9)17(27)38-13-10(6-36-42(34,35)39-41(32,33)23-40(29,30)31)37-16(12(13)25)24-7-20-11-14(24)21-18(28)22-15(11)26/h2-5,7,10,12-13,16,19,25H,6H2,1H3,(H,34,35)(H2,21,22,26,28)(H4,23,29,30,31,32,33)/t10-,12-,13-,16-/m0/s1. The second-order valence-corrected chi connectivity index (χ2v) is 13.3. The van der Waals surface area contributed by atoms with Crippen LogP contribution in [0.1, 0.15) is 16.6 Å². The summed E-state index contributed by atoms with van der Waals surface area (Å²) in [5, 5.41) is 13.9. The van der Waals surface area contributed by atoms with Crippen molar-refractivity contribution in [1.29, 1.82) is 0 Å². The largest absolute Gasteiger partial charge is 0.480 e. The lowest BCUT2D eigenvalue weighted by atomic mass is 10.1. The summed E-state index contributed by atoms with van der Waals surface area (Å²) in [6.45, 7) is -1.08. The van der Waals surface area contributed by atoms with E-state index in [9.17, 15) is 43.0 Å². The van der Waals surface area contributed by atoms with Crippen LogP contribution in [0, 0.1) is 0 Å². The zero-order valence-corrected chi connectivity index (χ0v) is 23.6. The molecule has 0 radical (unpaired) electrons. The van der Waals surface area contributed by atoms with Crippen molar-refractivity contribution in [3.63, 3.8) is 0 Å². The molecule has 0 amide bonds. The molecule has 2 aromatic heterocycles. The Morgan fingerprint density at radius 2 is 1.83 bits per heavy atom. The van der Waals surface area contributed by atoms with Crippen molar-refractivity contribution >= 4 is 46.1 Å². The number of esters is 1. The van der Waals surface area contributed by atoms with Gasteiger partial charge in [-0.25, -0.2) is 28.3 Å². The van der Waals surface area contributed by atoms with Gasteiger partial charge in [-0.15, -0.1) is 4.86 Å². The van der Waals surface area contributed by atoms with Crippen LogP contribution in [0.3, 0.4) is 0 Å². The Kier molecular flexibility index (Phi) is 9.06. The number of phosphoric ester groups is 1. The van der Waals surface area contributed by atoms with Gasteiger partial charge in [0.15, 0.2) is 17.8 Å². The third kappa shape index (κ3) is 7.30. The Morgan fingerprint density at radius 3 is 2.50 bits per heavy atom. The Morgan fingerprint density at radius 1 is 1.14 bits per heavy atom. The number of carbonyl (C=O) groups is 1. The molecule has 3 heterocycles. The summed E-state index contributed by atoms with van der Waals surface area (Å²) < 4.78 is 55.8. The van der Waals surface area contributed by atoms with Crippen molar-refractivity contribution in [2.45, 2.75) is 24.5 Å². The van der Waals surface area contributed by atoms with Gasteiger partial charge in [0.1, 0.15) is 17.9 Å². The van der Waals surface area contributed by atoms with E-state index in [2.05, 4.69) is 24.1 Å². The number of anilines is 1. The lowest BCUT2D eigenvalue weighted by Crippen LogP contribution is -2.38. The highest BCUT2D eigenvalue weighted by atomic mass is 31.3. The van der Waals surface area contributed by atoms with Crippen LogP contribution in [0.5, 0.6) is 0 Å². The fourth-order valence-electron chi connectivity index (χ4n) is 3.95. The number of carbonyl (C=O) groups excluding carboxylic acids is 1. The van der Waals surface area contributed by atoms with E-state index in [1.807, 2.05) is 4.98 Å². The van der Waals surface area contributed by atoms with Gasteiger partial charge in [0, 0.05) is 12.7 Å². The Bertz CT molecular complexity index is 1750. The minimum atomic E-state index is -5.60. The smallest absolute Gasteiger partial charge is 0.453 e. The van der Waals surface area contributed by atoms with Gasteiger partial charge < -0.3 is 39.5 Å². The Hall–Kier alpha value is -3.03. The van der Waals surface area contributed by atoms with Gasteiger partial charge in [0.25, 0.3) is 5.56 Å². The summed E-state index contributed by atoms with van der Waals surface area (Å²) in [6, 6.07) is 6.08. The first-order valence-electron chi connectivity index (χ1n) is 11.4. The van der Waals surface area contributed by atoms with Gasteiger partial charge in [-0.2, -0.15) is 4.31 Å². The average molecular weight is 656 g/mol. The van der Waals surface area contributed by atoms with Crippen LogP contribution < -0.4 is 21.4 Å². The van der Waals surface area contributed by atoms with Gasteiger partial charge in [-0.05, 0) is 12.1 Å². The summed E-state index contributed by atoms with van der Waals surface area (Å²) in [4.78, 5) is 82.9. The summed E-state index contributed by atoms with van der Waals surface area (Å²) >= 11 is 0. The summed E-state index contributed by atoms with van der Waals surface area (Å²) in [5.74, 6) is -0.993. The number of para-hydroxylation sites is 1. The van der Waals surface area contributed by atoms with E-state index in [4.69, 9.17) is 19.3 Å². The number of nitrogens with one attached hydrogen (secondary N) is 4. The van der Waals surface area contributed by atoms with Gasteiger partial charge in [-0.1, -0.05) is 12.1 Å². The molecule has 1 fully saturated rings. The summed E-state index contributed by atoms with van der Waals surface area (Å²) in [6.07, 6.45) is -5.66. The monoisotopic (exact) mass is 656 g/mol. The van der Waals surface area contributed by atoms with Gasteiger partial charge in [0.2, 0.25) is 0 Å². The molecule has 21 nitrogen and oxygen atoms in total. The third-order valence-corrected chi connectivity index (χ3v) is 9.82. The molecule has 42 heavy (non-hydrogen) atoms. The molecule has 6 atom stereocenters. The van der Waals surface area contributed by atoms with E-state index in [0.29, 0.717) is 5.69 Å². The third-order valence-electron chi connectivity index (χ3n) is 5.58. The molecule has 1 aromatic carbocycles. The van der Waals surface area contributed by atoms with E-state index in [0.717, 1.165) is 15.8 Å². The number of aromatic amines is 2. The van der Waals surface area contributed by atoms with Crippen LogP contribution >= 0.6 is 23.3 Å². The number of hydrogen-bond acceptors (Lipinski definition) is 13. The molecule has 0 saturated carbocycles. The summed E-state index contributed by atoms with van der Waals surface area (Å²) in [7, 11) is -15.1. The van der Waals surface area contributed by atoms with Crippen molar-refractivity contribution in [2.75, 3.05) is 19.0 Å². The molecule has 0 spiro atoms. The SMILES string of the molecule is CNc1ccccc1C(=O)O[C@@H]1[C@H](O)[C@@H](n2cnc3c(=O)[nH]c(=O)[nH]c32)O[C@H]1COP(=O)(O)OP(=O)(O)NP(=O)(O)O. The normalized spacial score (nSPS) is 23.8. The number of fused-ring (bicyclic) bond motifs is 1. The molecule has 24 heteroatoms. The molecule has 1 aliphatic heterocycles. The molecular formula is C18H23N6O15P3. The van der Waals surface area contributed by atoms with Crippen LogP contribution in [0.25, 0.3) is 11.2 Å². The quantitative estimate of drug-likeness (QED) is 0.0869. The summed E-state index contributed by atoms with van der Waals surface area (Å²) in [5.41, 5.74) is -1.92. The molecule has 4 rings (SSSR count). The van der Waals surface area contributed by atoms with Crippen molar-refractivity contribution in [3.8, 4) is 0 Å². The first-order chi connectivity index (χ1) is 19.5. The van der Waals surface area contributed by atoms with E-state index in [1.54, 1.807) is 12.1 Å². The Balaban J connectivity index is 1.63. The van der Waals surface area contributed by atoms with E-state index < -0.39 is 71.7 Å². The zero-order valence-electron chi connectivity index (χ0n) is 21.0. The second kappa shape index (κ2) is 11.9. The molecule has 9 N–H and O–H groups in total. The highest BCUT2D eigenvalue weighted by Crippen LogP contribution is 2.61. The second-order valence-electron chi connectivity index (χ2n) is 8.49. The molecular weight excluding hydrogens is 633 g/mol. The number of aliphatic hydroxyl groups is 1. The van der Waals surface area contributed by atoms with Gasteiger partial charge >= 0.3 is 35.0 Å². The minimum absolute atomic E-state index is 0.0140. The van der Waals surface area contributed by atoms with Crippen molar-refractivity contribution in [3.05, 3.63) is 57.0 Å². The lowest BCUT2D eigenvalue weighted by Gasteiger charge is -2.22. The predicted molar refractivity (Wildman–Crippen MR) is 138 cm³/mol. The number of hydrogen-bond donors (Lipinski definition) is 9. The molecule has 3 aromatic rings. The van der Waals surface area contributed by atoms with Gasteiger partial charge in [-0.3, -0.25) is 23.9 Å². The molecule has 2 unspecified atom stereocenters. The fraction of sp³-hybridized carbons (Fsp3) is 0.333. The lowest BCUT2D eigenvalue weighted by molar-refractivity contribution is -0.0519. The number of H-pyrrole nitrogens is 2. The van der Waals surface area contributed by atoms with Crippen molar-refractivity contribution in [2.24, 2.45) is 0 Å². The van der Waals surface area contributed by atoms with Crippen LogP contribution in [-0.4, -0.2) is 82.1 Å². The van der Waals surface area contributed by atoms with Crippen LogP contribution in [0.2, 0.25) is 0 Å². The van der Waals surface area contributed by atoms with E-state index in [1.165, 1.54) is 19.2 Å². The first kappa shape index (κ1) is 31.9. The number of imidazole rings is 1. The van der Waals surface area contributed by atoms with Crippen LogP contribution in [0.4, 0.5) is 5.69 Å². The maximum Gasteiger partial charge on any atom is 0.480 e. The highest BCUT2D eigenvalue weighted by molar-refractivity contribution is 7.70. The number of phosphoric acid groups is 1. The minimum Gasteiger partial charge on any atom is -0.453 e. The average Bonchev–Trinajstić information content (AvgIpc) is 3.41. The topological polar surface area (TPSA) is 314 Å². The van der Waals surface area contributed by atoms with Crippen LogP contribution in [-0.2, 0) is 32.0 Å². The highest BCUT2D eigenvalue weighted by Gasteiger charge is 2.49. The van der Waals surface area contributed by atoms with Crippen LogP contribution in [0.15, 0.2) is 40.2 Å². The number of rotatable bonds is 11. The first-order valence-corrected chi connectivity index (χ1v) is 16.1. The molecule has 1 aliphatic rings. The predicted octanol–water partition coefficient (Wildman–Crippen LogP) is -1.15. The number of benzene rings is 1. The number of ether oxygens (including phenoxy) is 2. The number of aliphatic hydroxyl groups excluding tert-OH is 1. The maximum atomic E-state index is 13.0.